The van der Waals surface area contributed by atoms with Crippen molar-refractivity contribution in [2.45, 2.75) is 37.4 Å². The first-order chi connectivity index (χ1) is 11.0. The summed E-state index contributed by atoms with van der Waals surface area (Å²) in [6.45, 7) is 7.67. The third-order valence-corrected chi connectivity index (χ3v) is 4.71. The van der Waals surface area contributed by atoms with Crippen LogP contribution in [0.1, 0.15) is 20.3 Å². The van der Waals surface area contributed by atoms with Gasteiger partial charge >= 0.3 is 0 Å². The van der Waals surface area contributed by atoms with E-state index in [2.05, 4.69) is 24.1 Å². The van der Waals surface area contributed by atoms with Gasteiger partial charge in [0.1, 0.15) is 5.82 Å². The van der Waals surface area contributed by atoms with Crippen molar-refractivity contribution < 1.29 is 13.9 Å². The lowest BCUT2D eigenvalue weighted by Gasteiger charge is -2.35. The van der Waals surface area contributed by atoms with E-state index < -0.39 is 0 Å². The predicted molar refractivity (Wildman–Crippen MR) is 91.2 cm³/mol. The standard InChI is InChI=1S/C17H25FN2O2S/c1-13-10-20(11-14(2)22-13)9-5-8-19-17(21)12-23-16-7-4-3-6-15(16)18/h3-4,6-7,13-14H,5,8-12H2,1-2H3,(H,19,21). The number of amides is 1. The molecule has 0 bridgehead atoms. The summed E-state index contributed by atoms with van der Waals surface area (Å²) < 4.78 is 19.1. The van der Waals surface area contributed by atoms with Crippen molar-refractivity contribution >= 4 is 17.7 Å². The van der Waals surface area contributed by atoms with Crippen LogP contribution in [0.25, 0.3) is 0 Å². The van der Waals surface area contributed by atoms with E-state index in [1.165, 1.54) is 17.8 Å². The van der Waals surface area contributed by atoms with E-state index in [0.29, 0.717) is 11.4 Å². The van der Waals surface area contributed by atoms with Crippen molar-refractivity contribution in [2.75, 3.05) is 31.9 Å². The van der Waals surface area contributed by atoms with E-state index in [1.54, 1.807) is 18.2 Å². The van der Waals surface area contributed by atoms with E-state index in [9.17, 15) is 9.18 Å². The Balaban J connectivity index is 1.59. The van der Waals surface area contributed by atoms with Crippen LogP contribution >= 0.6 is 11.8 Å². The highest BCUT2D eigenvalue weighted by atomic mass is 32.2. The normalized spacial score (nSPS) is 22.0. The zero-order chi connectivity index (χ0) is 16.7. The largest absolute Gasteiger partial charge is 0.373 e. The number of morpholine rings is 1. The van der Waals surface area contributed by atoms with Gasteiger partial charge in [-0.2, -0.15) is 0 Å². The molecule has 1 aliphatic rings. The highest BCUT2D eigenvalue weighted by Gasteiger charge is 2.21. The molecule has 23 heavy (non-hydrogen) atoms. The quantitative estimate of drug-likeness (QED) is 0.612. The van der Waals surface area contributed by atoms with Gasteiger partial charge in [0.25, 0.3) is 0 Å². The van der Waals surface area contributed by atoms with E-state index in [1.807, 2.05) is 0 Å². The second-order valence-corrected chi connectivity index (χ2v) is 6.96. The third-order valence-electron chi connectivity index (χ3n) is 3.66. The highest BCUT2D eigenvalue weighted by molar-refractivity contribution is 8.00. The van der Waals surface area contributed by atoms with Gasteiger partial charge in [-0.05, 0) is 32.4 Å². The van der Waals surface area contributed by atoms with Gasteiger partial charge in [-0.25, -0.2) is 4.39 Å². The lowest BCUT2D eigenvalue weighted by atomic mass is 10.2. The molecule has 1 heterocycles. The monoisotopic (exact) mass is 340 g/mol. The highest BCUT2D eigenvalue weighted by Crippen LogP contribution is 2.20. The average Bonchev–Trinajstić information content (AvgIpc) is 2.50. The van der Waals surface area contributed by atoms with Crippen molar-refractivity contribution in [3.05, 3.63) is 30.1 Å². The van der Waals surface area contributed by atoms with Crippen molar-refractivity contribution in [1.82, 2.24) is 10.2 Å². The number of rotatable bonds is 7. The van der Waals surface area contributed by atoms with Gasteiger partial charge in [-0.3, -0.25) is 9.69 Å². The van der Waals surface area contributed by atoms with Gasteiger partial charge in [0, 0.05) is 31.1 Å². The van der Waals surface area contributed by atoms with Crippen LogP contribution in [0.3, 0.4) is 0 Å². The van der Waals surface area contributed by atoms with E-state index in [0.717, 1.165) is 26.1 Å². The SMILES string of the molecule is CC1CN(CCCNC(=O)CSc2ccccc2F)CC(C)O1. The number of hydrogen-bond donors (Lipinski definition) is 1. The van der Waals surface area contributed by atoms with Crippen LogP contribution in [0.5, 0.6) is 0 Å². The number of hydrogen-bond acceptors (Lipinski definition) is 4. The predicted octanol–water partition coefficient (Wildman–Crippen LogP) is 2.53. The van der Waals surface area contributed by atoms with Gasteiger partial charge in [0.15, 0.2) is 0 Å². The minimum absolute atomic E-state index is 0.0537. The van der Waals surface area contributed by atoms with Crippen LogP contribution in [0, 0.1) is 5.82 Å². The zero-order valence-electron chi connectivity index (χ0n) is 13.8. The molecule has 2 atom stereocenters. The van der Waals surface area contributed by atoms with Crippen LogP contribution in [-0.4, -0.2) is 54.9 Å². The summed E-state index contributed by atoms with van der Waals surface area (Å²) in [5.41, 5.74) is 0. The molecule has 1 aliphatic heterocycles. The van der Waals surface area contributed by atoms with Crippen molar-refractivity contribution in [3.63, 3.8) is 0 Å². The average molecular weight is 340 g/mol. The van der Waals surface area contributed by atoms with Gasteiger partial charge in [0.2, 0.25) is 5.91 Å². The van der Waals surface area contributed by atoms with E-state index >= 15 is 0 Å². The molecule has 0 spiro atoms. The molecule has 1 aromatic rings. The number of thioether (sulfide) groups is 1. The number of halogens is 1. The topological polar surface area (TPSA) is 41.6 Å². The second kappa shape index (κ2) is 9.25. The van der Waals surface area contributed by atoms with Gasteiger partial charge in [0.05, 0.1) is 18.0 Å². The minimum atomic E-state index is -0.277. The summed E-state index contributed by atoms with van der Waals surface area (Å²) in [4.78, 5) is 14.7. The smallest absolute Gasteiger partial charge is 0.230 e. The van der Waals surface area contributed by atoms with Crippen molar-refractivity contribution in [1.29, 1.82) is 0 Å². The second-order valence-electron chi connectivity index (χ2n) is 5.94. The molecule has 128 valence electrons. The number of carbonyl (C=O) groups excluding carboxylic acids is 1. The molecule has 1 saturated heterocycles. The van der Waals surface area contributed by atoms with Crippen LogP contribution < -0.4 is 5.32 Å². The summed E-state index contributed by atoms with van der Waals surface area (Å²) in [6.07, 6.45) is 1.45. The van der Waals surface area contributed by atoms with Crippen molar-refractivity contribution in [2.24, 2.45) is 0 Å². The van der Waals surface area contributed by atoms with Gasteiger partial charge in [-0.15, -0.1) is 11.8 Å². The molecular formula is C17H25FN2O2S. The maximum Gasteiger partial charge on any atom is 0.230 e. The Bertz CT molecular complexity index is 505. The van der Waals surface area contributed by atoms with Crippen LogP contribution in [0.4, 0.5) is 4.39 Å². The maximum absolute atomic E-state index is 13.4. The van der Waals surface area contributed by atoms with E-state index in [4.69, 9.17) is 4.74 Å². The Kier molecular flexibility index (Phi) is 7.33. The Morgan fingerprint density at radius 3 is 2.74 bits per heavy atom. The first-order valence-electron chi connectivity index (χ1n) is 8.06. The summed E-state index contributed by atoms with van der Waals surface area (Å²) in [5, 5.41) is 2.89. The lowest BCUT2D eigenvalue weighted by Crippen LogP contribution is -2.46. The summed E-state index contributed by atoms with van der Waals surface area (Å²) >= 11 is 1.23. The third kappa shape index (κ3) is 6.49. The molecule has 0 aliphatic carbocycles. The molecule has 6 heteroatoms. The first kappa shape index (κ1) is 18.2. The molecule has 0 saturated carbocycles. The van der Waals surface area contributed by atoms with Crippen molar-refractivity contribution in [3.8, 4) is 0 Å². The van der Waals surface area contributed by atoms with Crippen LogP contribution in [0.2, 0.25) is 0 Å². The van der Waals surface area contributed by atoms with Crippen LogP contribution in [0.15, 0.2) is 29.2 Å². The number of nitrogens with one attached hydrogen (secondary N) is 1. The zero-order valence-corrected chi connectivity index (χ0v) is 14.6. The summed E-state index contributed by atoms with van der Waals surface area (Å²) in [7, 11) is 0. The fraction of sp³-hybridized carbons (Fsp3) is 0.588. The fourth-order valence-electron chi connectivity index (χ4n) is 2.75. The molecule has 2 unspecified atom stereocenters. The molecule has 0 aromatic heterocycles. The molecule has 4 nitrogen and oxygen atoms in total. The molecule has 1 N–H and O–H groups in total. The minimum Gasteiger partial charge on any atom is -0.373 e. The Morgan fingerprint density at radius 2 is 2.04 bits per heavy atom. The maximum atomic E-state index is 13.4. The first-order valence-corrected chi connectivity index (χ1v) is 9.05. The Morgan fingerprint density at radius 1 is 1.35 bits per heavy atom. The van der Waals surface area contributed by atoms with Crippen LogP contribution in [-0.2, 0) is 9.53 Å². The summed E-state index contributed by atoms with van der Waals surface area (Å²) in [5.74, 6) is -0.0881. The number of ether oxygens (including phenoxy) is 1. The Hall–Kier alpha value is -1.11. The van der Waals surface area contributed by atoms with E-state index in [-0.39, 0.29) is 29.7 Å². The lowest BCUT2D eigenvalue weighted by molar-refractivity contribution is -0.118. The Labute approximate surface area is 141 Å². The molecular weight excluding hydrogens is 315 g/mol. The fourth-order valence-corrected chi connectivity index (χ4v) is 3.52. The van der Waals surface area contributed by atoms with Gasteiger partial charge < -0.3 is 10.1 Å². The molecule has 0 radical (unpaired) electrons. The number of nitrogens with zero attached hydrogens (tertiary/aromatic N) is 1. The molecule has 1 aromatic carbocycles. The molecule has 2 rings (SSSR count). The van der Waals surface area contributed by atoms with Gasteiger partial charge in [-0.1, -0.05) is 12.1 Å². The summed E-state index contributed by atoms with van der Waals surface area (Å²) in [6, 6.07) is 6.51. The molecule has 1 amide bonds. The number of benzene rings is 1. The number of carbonyl (C=O) groups is 1. The molecule has 1 fully saturated rings.